The van der Waals surface area contributed by atoms with Gasteiger partial charge in [0, 0.05) is 5.92 Å². The summed E-state index contributed by atoms with van der Waals surface area (Å²) in [7, 11) is 0. The van der Waals surface area contributed by atoms with Gasteiger partial charge < -0.3 is 16.3 Å². The number of rotatable bonds is 3. The zero-order valence-corrected chi connectivity index (χ0v) is 9.07. The quantitative estimate of drug-likeness (QED) is 0.281. The molecule has 15 heavy (non-hydrogen) atoms. The number of hydrogen-bond donors (Lipinski definition) is 3. The van der Waals surface area contributed by atoms with E-state index in [9.17, 15) is 4.79 Å². The van der Waals surface area contributed by atoms with E-state index in [0.717, 1.165) is 25.7 Å². The number of amides is 1. The summed E-state index contributed by atoms with van der Waals surface area (Å²) >= 11 is 0. The first-order valence-electron chi connectivity index (χ1n) is 5.43. The summed E-state index contributed by atoms with van der Waals surface area (Å²) in [5.41, 5.74) is 5.38. The van der Waals surface area contributed by atoms with Crippen molar-refractivity contribution < 1.29 is 10.0 Å². The topological polar surface area (TPSA) is 87.7 Å². The Bertz CT molecular complexity index is 247. The molecular weight excluding hydrogens is 194 g/mol. The minimum absolute atomic E-state index is 0.0220. The van der Waals surface area contributed by atoms with Gasteiger partial charge in [-0.3, -0.25) is 4.79 Å². The minimum Gasteiger partial charge on any atom is -0.409 e. The first kappa shape index (κ1) is 11.8. The van der Waals surface area contributed by atoms with Crippen LogP contribution >= 0.6 is 0 Å². The lowest BCUT2D eigenvalue weighted by Crippen LogP contribution is -2.45. The highest BCUT2D eigenvalue weighted by Crippen LogP contribution is 2.23. The SMILES string of the molecule is CC(NC(=O)C1CCCCC1)/C(N)=N/O. The summed E-state index contributed by atoms with van der Waals surface area (Å²) in [5.74, 6) is 0.167. The van der Waals surface area contributed by atoms with Crippen LogP contribution in [0.1, 0.15) is 39.0 Å². The highest BCUT2D eigenvalue weighted by Gasteiger charge is 2.22. The van der Waals surface area contributed by atoms with Crippen molar-refractivity contribution in [3.05, 3.63) is 0 Å². The molecule has 0 bridgehead atoms. The molecular formula is C10H19N3O2. The number of hydrogen-bond acceptors (Lipinski definition) is 3. The molecule has 0 spiro atoms. The van der Waals surface area contributed by atoms with Gasteiger partial charge in [-0.1, -0.05) is 24.4 Å². The zero-order chi connectivity index (χ0) is 11.3. The standard InChI is InChI=1S/C10H19N3O2/c1-7(9(11)13-15)12-10(14)8-5-3-2-4-6-8/h7-8,15H,2-6H2,1H3,(H2,11,13)(H,12,14). The Kier molecular flexibility index (Phi) is 4.39. The maximum atomic E-state index is 11.7. The van der Waals surface area contributed by atoms with Crippen LogP contribution in [-0.2, 0) is 4.79 Å². The Morgan fingerprint density at radius 2 is 2.07 bits per heavy atom. The van der Waals surface area contributed by atoms with Crippen molar-refractivity contribution in [1.29, 1.82) is 0 Å². The third-order valence-electron chi connectivity index (χ3n) is 2.89. The maximum absolute atomic E-state index is 11.7. The van der Waals surface area contributed by atoms with Gasteiger partial charge in [0.15, 0.2) is 5.84 Å². The molecule has 1 rings (SSSR count). The Labute approximate surface area is 89.7 Å². The molecule has 1 aliphatic carbocycles. The molecule has 0 saturated heterocycles. The van der Waals surface area contributed by atoms with Crippen molar-refractivity contribution in [3.8, 4) is 0 Å². The second kappa shape index (κ2) is 5.58. The van der Waals surface area contributed by atoms with Crippen molar-refractivity contribution in [1.82, 2.24) is 5.32 Å². The zero-order valence-electron chi connectivity index (χ0n) is 9.07. The third-order valence-corrected chi connectivity index (χ3v) is 2.89. The molecule has 0 heterocycles. The van der Waals surface area contributed by atoms with E-state index in [1.165, 1.54) is 6.42 Å². The predicted octanol–water partition coefficient (Wildman–Crippen LogP) is 0.818. The van der Waals surface area contributed by atoms with Gasteiger partial charge >= 0.3 is 0 Å². The predicted molar refractivity (Wildman–Crippen MR) is 57.6 cm³/mol. The minimum atomic E-state index is -0.399. The summed E-state index contributed by atoms with van der Waals surface area (Å²) in [4.78, 5) is 11.7. The van der Waals surface area contributed by atoms with Crippen LogP contribution in [0.25, 0.3) is 0 Å². The van der Waals surface area contributed by atoms with Gasteiger partial charge in [-0.15, -0.1) is 0 Å². The molecule has 0 radical (unpaired) electrons. The lowest BCUT2D eigenvalue weighted by atomic mass is 9.88. The molecule has 0 aromatic carbocycles. The van der Waals surface area contributed by atoms with Crippen molar-refractivity contribution in [2.45, 2.75) is 45.1 Å². The van der Waals surface area contributed by atoms with Crippen LogP contribution in [0.2, 0.25) is 0 Å². The molecule has 0 aliphatic heterocycles. The van der Waals surface area contributed by atoms with Crippen LogP contribution in [0.15, 0.2) is 5.16 Å². The smallest absolute Gasteiger partial charge is 0.223 e. The molecule has 86 valence electrons. The summed E-state index contributed by atoms with van der Waals surface area (Å²) in [5, 5.41) is 14.1. The van der Waals surface area contributed by atoms with Gasteiger partial charge in [-0.25, -0.2) is 0 Å². The van der Waals surface area contributed by atoms with E-state index in [4.69, 9.17) is 10.9 Å². The summed E-state index contributed by atoms with van der Waals surface area (Å²) in [6, 6.07) is -0.399. The van der Waals surface area contributed by atoms with Crippen LogP contribution in [0.3, 0.4) is 0 Å². The molecule has 1 amide bonds. The Hall–Kier alpha value is -1.26. The molecule has 5 nitrogen and oxygen atoms in total. The third kappa shape index (κ3) is 3.42. The number of nitrogens with zero attached hydrogens (tertiary/aromatic N) is 1. The fraction of sp³-hybridized carbons (Fsp3) is 0.800. The van der Waals surface area contributed by atoms with E-state index >= 15 is 0 Å². The van der Waals surface area contributed by atoms with Gasteiger partial charge in [0.25, 0.3) is 0 Å². The number of amidine groups is 1. The van der Waals surface area contributed by atoms with Gasteiger partial charge in [-0.05, 0) is 19.8 Å². The highest BCUT2D eigenvalue weighted by molar-refractivity contribution is 5.90. The lowest BCUT2D eigenvalue weighted by molar-refractivity contribution is -0.126. The first-order chi connectivity index (χ1) is 7.15. The van der Waals surface area contributed by atoms with Gasteiger partial charge in [0.2, 0.25) is 5.91 Å². The largest absolute Gasteiger partial charge is 0.409 e. The van der Waals surface area contributed by atoms with Crippen LogP contribution in [0.4, 0.5) is 0 Å². The van der Waals surface area contributed by atoms with E-state index < -0.39 is 6.04 Å². The van der Waals surface area contributed by atoms with Gasteiger partial charge in [0.05, 0.1) is 6.04 Å². The molecule has 1 fully saturated rings. The molecule has 1 saturated carbocycles. The number of oxime groups is 1. The fourth-order valence-electron chi connectivity index (χ4n) is 1.86. The van der Waals surface area contributed by atoms with Crippen LogP contribution in [0, 0.1) is 5.92 Å². The first-order valence-corrected chi connectivity index (χ1v) is 5.43. The van der Waals surface area contributed by atoms with Gasteiger partial charge in [-0.2, -0.15) is 0 Å². The molecule has 1 atom stereocenters. The van der Waals surface area contributed by atoms with Crippen molar-refractivity contribution in [2.75, 3.05) is 0 Å². The number of carbonyl (C=O) groups is 1. The fourth-order valence-corrected chi connectivity index (χ4v) is 1.86. The van der Waals surface area contributed by atoms with Crippen molar-refractivity contribution >= 4 is 11.7 Å². The van der Waals surface area contributed by atoms with Crippen LogP contribution in [-0.4, -0.2) is 23.0 Å². The van der Waals surface area contributed by atoms with Crippen LogP contribution in [0.5, 0.6) is 0 Å². The Balaban J connectivity index is 2.40. The van der Waals surface area contributed by atoms with Crippen LogP contribution < -0.4 is 11.1 Å². The second-order valence-electron chi connectivity index (χ2n) is 4.09. The Morgan fingerprint density at radius 3 is 2.60 bits per heavy atom. The average molecular weight is 213 g/mol. The average Bonchev–Trinajstić information content (AvgIpc) is 2.29. The van der Waals surface area contributed by atoms with E-state index in [-0.39, 0.29) is 17.7 Å². The summed E-state index contributed by atoms with van der Waals surface area (Å²) in [6.07, 6.45) is 5.37. The molecule has 4 N–H and O–H groups in total. The highest BCUT2D eigenvalue weighted by atomic mass is 16.4. The Morgan fingerprint density at radius 1 is 1.47 bits per heavy atom. The van der Waals surface area contributed by atoms with E-state index in [1.807, 2.05) is 0 Å². The maximum Gasteiger partial charge on any atom is 0.223 e. The van der Waals surface area contributed by atoms with E-state index in [1.54, 1.807) is 6.92 Å². The lowest BCUT2D eigenvalue weighted by Gasteiger charge is -2.22. The molecule has 0 aromatic rings. The van der Waals surface area contributed by atoms with E-state index in [2.05, 4.69) is 10.5 Å². The second-order valence-corrected chi connectivity index (χ2v) is 4.09. The number of nitrogens with two attached hydrogens (primary N) is 1. The van der Waals surface area contributed by atoms with Crippen molar-refractivity contribution in [2.24, 2.45) is 16.8 Å². The van der Waals surface area contributed by atoms with Crippen molar-refractivity contribution in [3.63, 3.8) is 0 Å². The monoisotopic (exact) mass is 213 g/mol. The number of carbonyl (C=O) groups excluding carboxylic acids is 1. The molecule has 5 heteroatoms. The normalized spacial score (nSPS) is 21.0. The molecule has 1 unspecified atom stereocenters. The molecule has 0 aromatic heterocycles. The molecule has 1 aliphatic rings. The summed E-state index contributed by atoms with van der Waals surface area (Å²) < 4.78 is 0. The van der Waals surface area contributed by atoms with E-state index in [0.29, 0.717) is 0 Å². The number of nitrogens with one attached hydrogen (secondary N) is 1. The van der Waals surface area contributed by atoms with Gasteiger partial charge in [0.1, 0.15) is 0 Å². The summed E-state index contributed by atoms with van der Waals surface area (Å²) in [6.45, 7) is 1.70.